The third kappa shape index (κ3) is 6.14. The Balaban J connectivity index is 1.66. The number of pyridine rings is 2. The van der Waals surface area contributed by atoms with E-state index in [1.165, 1.54) is 6.07 Å². The first-order valence-corrected chi connectivity index (χ1v) is 15.7. The number of nitrogens with one attached hydrogen (secondary N) is 1. The second-order valence-corrected chi connectivity index (χ2v) is 12.3. The summed E-state index contributed by atoms with van der Waals surface area (Å²) in [7, 11) is 3.82. The molecule has 240 valence electrons. The van der Waals surface area contributed by atoms with E-state index < -0.39 is 17.5 Å². The third-order valence-corrected chi connectivity index (χ3v) is 9.48. The molecule has 0 bridgehead atoms. The summed E-state index contributed by atoms with van der Waals surface area (Å²) >= 11 is 0. The summed E-state index contributed by atoms with van der Waals surface area (Å²) < 4.78 is 29.7. The van der Waals surface area contributed by atoms with E-state index in [0.717, 1.165) is 19.4 Å². The highest BCUT2D eigenvalue weighted by Gasteiger charge is 2.41. The molecule has 11 heteroatoms. The number of carbonyl (C=O) groups is 1. The second-order valence-electron chi connectivity index (χ2n) is 12.3. The van der Waals surface area contributed by atoms with Crippen molar-refractivity contribution in [1.29, 1.82) is 5.26 Å². The van der Waals surface area contributed by atoms with Gasteiger partial charge in [0.05, 0.1) is 28.4 Å². The molecule has 5 rings (SSSR count). The molecule has 0 unspecified atom stereocenters. The predicted octanol–water partition coefficient (Wildman–Crippen LogP) is 4.77. The number of benzene rings is 1. The van der Waals surface area contributed by atoms with Crippen molar-refractivity contribution in [2.24, 2.45) is 7.05 Å². The van der Waals surface area contributed by atoms with Gasteiger partial charge in [-0.3, -0.25) is 9.59 Å². The monoisotopic (exact) mass is 618 g/mol. The summed E-state index contributed by atoms with van der Waals surface area (Å²) in [4.78, 5) is 35.3. The Labute approximate surface area is 263 Å². The summed E-state index contributed by atoms with van der Waals surface area (Å²) in [5.41, 5.74) is 0.884. The van der Waals surface area contributed by atoms with Gasteiger partial charge in [-0.05, 0) is 72.2 Å². The molecule has 2 fully saturated rings. The molecular weight excluding hydrogens is 575 g/mol. The van der Waals surface area contributed by atoms with Gasteiger partial charge in [-0.2, -0.15) is 5.26 Å². The lowest BCUT2D eigenvalue weighted by atomic mass is 9.84. The Morgan fingerprint density at radius 2 is 2.00 bits per heavy atom. The van der Waals surface area contributed by atoms with E-state index in [0.29, 0.717) is 78.4 Å². The molecule has 0 saturated carbocycles. The molecule has 0 spiro atoms. The summed E-state index contributed by atoms with van der Waals surface area (Å²) in [6, 6.07) is 8.21. The van der Waals surface area contributed by atoms with Crippen molar-refractivity contribution in [1.82, 2.24) is 19.4 Å². The largest absolute Gasteiger partial charge is 0.488 e. The van der Waals surface area contributed by atoms with Crippen LogP contribution >= 0.6 is 0 Å². The summed E-state index contributed by atoms with van der Waals surface area (Å²) in [6.45, 7) is 9.93. The number of fused-ring (bicyclic) bond motifs is 1. The van der Waals surface area contributed by atoms with Gasteiger partial charge in [0.15, 0.2) is 5.75 Å². The molecule has 1 N–H and O–H groups in total. The maximum Gasteiger partial charge on any atom is 0.257 e. The van der Waals surface area contributed by atoms with E-state index in [1.807, 2.05) is 32.9 Å². The van der Waals surface area contributed by atoms with Crippen molar-refractivity contribution in [3.8, 4) is 11.8 Å². The molecule has 1 aromatic carbocycles. The van der Waals surface area contributed by atoms with E-state index in [4.69, 9.17) is 14.5 Å². The number of likely N-dealkylation sites (tertiary alicyclic amines) is 2. The van der Waals surface area contributed by atoms with Gasteiger partial charge in [-0.25, -0.2) is 9.37 Å². The van der Waals surface area contributed by atoms with Gasteiger partial charge in [0.2, 0.25) is 5.91 Å². The van der Waals surface area contributed by atoms with Gasteiger partial charge in [0, 0.05) is 50.7 Å². The molecule has 3 aromatic rings. The summed E-state index contributed by atoms with van der Waals surface area (Å²) in [5, 5.41) is 13.4. The Kier molecular flexibility index (Phi) is 9.46. The molecule has 4 heterocycles. The third-order valence-electron chi connectivity index (χ3n) is 9.48. The highest BCUT2D eigenvalue weighted by Crippen LogP contribution is 2.40. The molecule has 2 saturated heterocycles. The average molecular weight is 619 g/mol. The highest BCUT2D eigenvalue weighted by atomic mass is 19.1. The lowest BCUT2D eigenvalue weighted by Crippen LogP contribution is -2.48. The summed E-state index contributed by atoms with van der Waals surface area (Å²) in [5.74, 6) is 0.410. The number of carbonyl (C=O) groups excluding carboxylic acids is 1. The topological polar surface area (TPSA) is 113 Å². The highest BCUT2D eigenvalue weighted by molar-refractivity contribution is 5.95. The number of rotatable bonds is 9. The standard InChI is InChI=1S/C34H43FN6O4/c1-7-45-34(13-16-41(17-14-34)23(4)42)28-18-27-30(40(6)33(28)43)31(44-20-25-11-9-15-39(25)5)22(3)38-32(27)37-21(2)26-12-8-10-24(19-36)29(26)35/h8,10,12,18,21,25H,7,9,11,13-17,20H2,1-6H3,(H,37,38)/t21-,25+/m1/s1. The van der Waals surface area contributed by atoms with Crippen molar-refractivity contribution >= 4 is 22.6 Å². The molecule has 2 aromatic heterocycles. The number of piperidine rings is 1. The number of aromatic nitrogens is 2. The number of aryl methyl sites for hydroxylation is 2. The Hall–Kier alpha value is -4.01. The fourth-order valence-electron chi connectivity index (χ4n) is 6.83. The van der Waals surface area contributed by atoms with Crippen LogP contribution in [0.25, 0.3) is 10.9 Å². The summed E-state index contributed by atoms with van der Waals surface area (Å²) in [6.07, 6.45) is 3.09. The zero-order chi connectivity index (χ0) is 32.5. The first kappa shape index (κ1) is 32.4. The first-order valence-electron chi connectivity index (χ1n) is 15.7. The number of hydrogen-bond donors (Lipinski definition) is 1. The number of likely N-dealkylation sites (N-methyl/N-ethyl adjacent to an activating group) is 1. The van der Waals surface area contributed by atoms with Crippen molar-refractivity contribution in [2.75, 3.05) is 45.2 Å². The Bertz CT molecular complexity index is 1690. The van der Waals surface area contributed by atoms with Gasteiger partial charge >= 0.3 is 0 Å². The van der Waals surface area contributed by atoms with Crippen LogP contribution in [0, 0.1) is 24.1 Å². The van der Waals surface area contributed by atoms with Crippen LogP contribution in [0.3, 0.4) is 0 Å². The van der Waals surface area contributed by atoms with Crippen LogP contribution in [0.5, 0.6) is 5.75 Å². The molecular formula is C34H43FN6O4. The molecule has 2 aliphatic rings. The predicted molar refractivity (Wildman–Crippen MR) is 171 cm³/mol. The van der Waals surface area contributed by atoms with Crippen molar-refractivity contribution in [3.63, 3.8) is 0 Å². The van der Waals surface area contributed by atoms with Crippen LogP contribution in [0.2, 0.25) is 0 Å². The Morgan fingerprint density at radius 1 is 1.27 bits per heavy atom. The van der Waals surface area contributed by atoms with Gasteiger partial charge in [0.25, 0.3) is 5.56 Å². The van der Waals surface area contributed by atoms with Crippen molar-refractivity contribution < 1.29 is 18.7 Å². The normalized spacial score (nSPS) is 19.0. The maximum absolute atomic E-state index is 15.2. The van der Waals surface area contributed by atoms with E-state index in [-0.39, 0.29) is 23.1 Å². The fraction of sp³-hybridized carbons (Fsp3) is 0.529. The van der Waals surface area contributed by atoms with Crippen LogP contribution < -0.4 is 15.6 Å². The number of halogens is 1. The zero-order valence-corrected chi connectivity index (χ0v) is 27.1. The molecule has 0 radical (unpaired) electrons. The van der Waals surface area contributed by atoms with Crippen molar-refractivity contribution in [2.45, 2.75) is 71.1 Å². The van der Waals surface area contributed by atoms with Gasteiger partial charge in [-0.1, -0.05) is 12.1 Å². The number of ether oxygens (including phenoxy) is 2. The quantitative estimate of drug-likeness (QED) is 0.365. The number of anilines is 1. The average Bonchev–Trinajstić information content (AvgIpc) is 3.43. The number of nitrogens with zero attached hydrogens (tertiary/aromatic N) is 5. The minimum absolute atomic E-state index is 0.00550. The van der Waals surface area contributed by atoms with Crippen LogP contribution in [0.4, 0.5) is 10.2 Å². The molecule has 2 atom stereocenters. The molecule has 45 heavy (non-hydrogen) atoms. The van der Waals surface area contributed by atoms with Gasteiger partial charge < -0.3 is 29.2 Å². The molecule has 1 amide bonds. The Morgan fingerprint density at radius 3 is 2.62 bits per heavy atom. The minimum atomic E-state index is -0.891. The van der Waals surface area contributed by atoms with E-state index in [9.17, 15) is 14.9 Å². The maximum atomic E-state index is 15.2. The molecule has 10 nitrogen and oxygen atoms in total. The first-order chi connectivity index (χ1) is 21.5. The van der Waals surface area contributed by atoms with E-state index >= 15 is 4.39 Å². The smallest absolute Gasteiger partial charge is 0.257 e. The molecule has 0 aliphatic carbocycles. The van der Waals surface area contributed by atoms with Crippen LogP contribution in [0.15, 0.2) is 29.1 Å². The number of amides is 1. The van der Waals surface area contributed by atoms with Gasteiger partial charge in [0.1, 0.15) is 29.9 Å². The number of hydrogen-bond acceptors (Lipinski definition) is 8. The van der Waals surface area contributed by atoms with Crippen molar-refractivity contribution in [3.05, 3.63) is 62.8 Å². The SMILES string of the molecule is CCOC1(c2cc3c(N[C@H](C)c4cccc(C#N)c4F)nc(C)c(OC[C@@H]4CCCN4C)c3n(C)c2=O)CCN(C(C)=O)CC1. The van der Waals surface area contributed by atoms with Gasteiger partial charge in [-0.15, -0.1) is 0 Å². The molecule has 2 aliphatic heterocycles. The number of nitriles is 1. The van der Waals surface area contributed by atoms with E-state index in [2.05, 4.69) is 17.3 Å². The second kappa shape index (κ2) is 13.2. The zero-order valence-electron chi connectivity index (χ0n) is 27.1. The van der Waals surface area contributed by atoms with Crippen LogP contribution in [0.1, 0.15) is 74.9 Å². The minimum Gasteiger partial charge on any atom is -0.488 e. The lowest BCUT2D eigenvalue weighted by Gasteiger charge is -2.41. The fourth-order valence-corrected chi connectivity index (χ4v) is 6.83. The van der Waals surface area contributed by atoms with Crippen LogP contribution in [-0.2, 0) is 22.2 Å². The van der Waals surface area contributed by atoms with E-state index in [1.54, 1.807) is 35.6 Å². The van der Waals surface area contributed by atoms with Crippen LogP contribution in [-0.4, -0.2) is 71.2 Å². The lowest BCUT2D eigenvalue weighted by molar-refractivity contribution is -0.136.